The van der Waals surface area contributed by atoms with Crippen LogP contribution in [0.2, 0.25) is 5.02 Å². The smallest absolute Gasteiger partial charge is 0.147 e. The van der Waals surface area contributed by atoms with Crippen LogP contribution in [-0.4, -0.2) is 12.5 Å². The van der Waals surface area contributed by atoms with Gasteiger partial charge < -0.3 is 4.74 Å². The Morgan fingerprint density at radius 1 is 1.44 bits per heavy atom. The monoisotopic (exact) mass is 262 g/mol. The van der Waals surface area contributed by atoms with E-state index < -0.39 is 0 Å². The molecule has 0 N–H and O–H groups in total. The summed E-state index contributed by atoms with van der Waals surface area (Å²) in [6.07, 6.45) is 1.70. The lowest BCUT2D eigenvalue weighted by atomic mass is 9.91. The van der Waals surface area contributed by atoms with Crippen molar-refractivity contribution >= 4 is 23.2 Å². The fourth-order valence-corrected chi connectivity index (χ4v) is 2.58. The Hall–Kier alpha value is -0.310. The van der Waals surface area contributed by atoms with Crippen molar-refractivity contribution in [2.45, 2.75) is 18.9 Å². The van der Waals surface area contributed by atoms with Gasteiger partial charge in [-0.3, -0.25) is 0 Å². The van der Waals surface area contributed by atoms with Crippen LogP contribution in [-0.2, 0) is 4.74 Å². The van der Waals surface area contributed by atoms with Crippen molar-refractivity contribution in [3.05, 3.63) is 34.6 Å². The van der Waals surface area contributed by atoms with Gasteiger partial charge in [0.2, 0.25) is 0 Å². The number of hydrogen-bond acceptors (Lipinski definition) is 1. The van der Waals surface area contributed by atoms with E-state index in [1.54, 1.807) is 18.2 Å². The molecule has 2 atom stereocenters. The minimum atomic E-state index is -0.383. The topological polar surface area (TPSA) is 9.23 Å². The highest BCUT2D eigenvalue weighted by molar-refractivity contribution is 6.30. The van der Waals surface area contributed by atoms with Gasteiger partial charge in [0.05, 0.1) is 11.1 Å². The lowest BCUT2D eigenvalue weighted by molar-refractivity contribution is -0.0227. The van der Waals surface area contributed by atoms with Crippen LogP contribution in [0.4, 0.5) is 4.39 Å². The van der Waals surface area contributed by atoms with E-state index in [1.165, 1.54) is 0 Å². The standard InChI is InChI=1S/C12H13Cl2FO/c13-7-8-3-2-6-16-12(8)9-4-1-5-10(14)11(9)15/h1,4-5,8,12H,2-3,6-7H2. The zero-order valence-electron chi connectivity index (χ0n) is 8.76. The van der Waals surface area contributed by atoms with Gasteiger partial charge in [0.15, 0.2) is 0 Å². The molecule has 4 heteroatoms. The molecule has 0 aliphatic carbocycles. The molecule has 1 saturated heterocycles. The van der Waals surface area contributed by atoms with Gasteiger partial charge in [-0.15, -0.1) is 11.6 Å². The number of rotatable bonds is 2. The van der Waals surface area contributed by atoms with E-state index >= 15 is 0 Å². The van der Waals surface area contributed by atoms with E-state index in [0.717, 1.165) is 12.8 Å². The zero-order chi connectivity index (χ0) is 11.5. The van der Waals surface area contributed by atoms with Crippen LogP contribution in [0.1, 0.15) is 24.5 Å². The third-order valence-electron chi connectivity index (χ3n) is 2.93. The molecule has 0 spiro atoms. The van der Waals surface area contributed by atoms with E-state index in [1.807, 2.05) is 0 Å². The number of ether oxygens (including phenoxy) is 1. The molecule has 1 aromatic rings. The summed E-state index contributed by atoms with van der Waals surface area (Å²) in [5.41, 5.74) is 0.526. The van der Waals surface area contributed by atoms with Crippen molar-refractivity contribution < 1.29 is 9.13 Å². The molecule has 2 rings (SSSR count). The number of hydrogen-bond donors (Lipinski definition) is 0. The van der Waals surface area contributed by atoms with Crippen LogP contribution < -0.4 is 0 Å². The molecule has 0 amide bonds. The fourth-order valence-electron chi connectivity index (χ4n) is 2.09. The third-order valence-corrected chi connectivity index (χ3v) is 3.62. The van der Waals surface area contributed by atoms with Crippen LogP contribution in [0.15, 0.2) is 18.2 Å². The summed E-state index contributed by atoms with van der Waals surface area (Å²) in [5, 5.41) is 0.139. The summed E-state index contributed by atoms with van der Waals surface area (Å²) in [7, 11) is 0. The van der Waals surface area contributed by atoms with Crippen LogP contribution in [0.5, 0.6) is 0 Å². The third kappa shape index (κ3) is 2.34. The van der Waals surface area contributed by atoms with Crippen LogP contribution in [0.3, 0.4) is 0 Å². The van der Waals surface area contributed by atoms with Gasteiger partial charge in [-0.1, -0.05) is 23.7 Å². The van der Waals surface area contributed by atoms with Crippen LogP contribution >= 0.6 is 23.2 Å². The molecule has 1 nitrogen and oxygen atoms in total. The average Bonchev–Trinajstić information content (AvgIpc) is 2.33. The summed E-state index contributed by atoms with van der Waals surface area (Å²) in [6.45, 7) is 0.657. The molecule has 2 unspecified atom stereocenters. The highest BCUT2D eigenvalue weighted by Gasteiger charge is 2.29. The summed E-state index contributed by atoms with van der Waals surface area (Å²) in [6, 6.07) is 5.00. The maximum atomic E-state index is 13.8. The summed E-state index contributed by atoms with van der Waals surface area (Å²) < 4.78 is 19.5. The van der Waals surface area contributed by atoms with E-state index in [-0.39, 0.29) is 22.9 Å². The van der Waals surface area contributed by atoms with Crippen molar-refractivity contribution in [1.82, 2.24) is 0 Å². The molecule has 0 saturated carbocycles. The molecule has 0 bridgehead atoms. The first-order valence-electron chi connectivity index (χ1n) is 5.35. The fraction of sp³-hybridized carbons (Fsp3) is 0.500. The first-order valence-corrected chi connectivity index (χ1v) is 6.26. The second-order valence-electron chi connectivity index (χ2n) is 3.99. The minimum Gasteiger partial charge on any atom is -0.373 e. The van der Waals surface area contributed by atoms with Gasteiger partial charge in [0.25, 0.3) is 0 Å². The SMILES string of the molecule is Fc1c(Cl)cccc1C1OCCCC1CCl. The Morgan fingerprint density at radius 2 is 2.25 bits per heavy atom. The summed E-state index contributed by atoms with van der Waals surface area (Å²) >= 11 is 11.6. The van der Waals surface area contributed by atoms with E-state index in [9.17, 15) is 4.39 Å². The lowest BCUT2D eigenvalue weighted by Crippen LogP contribution is -2.24. The Kier molecular flexibility index (Phi) is 4.06. The largest absolute Gasteiger partial charge is 0.373 e. The Balaban J connectivity index is 2.30. The zero-order valence-corrected chi connectivity index (χ0v) is 10.3. The summed E-state index contributed by atoms with van der Waals surface area (Å²) in [5.74, 6) is 0.269. The second-order valence-corrected chi connectivity index (χ2v) is 4.71. The normalized spacial score (nSPS) is 25.7. The number of alkyl halides is 1. The molecule has 0 aromatic heterocycles. The van der Waals surface area contributed by atoms with Crippen molar-refractivity contribution in [3.8, 4) is 0 Å². The molecule has 16 heavy (non-hydrogen) atoms. The highest BCUT2D eigenvalue weighted by atomic mass is 35.5. The first-order chi connectivity index (χ1) is 7.74. The summed E-state index contributed by atoms with van der Waals surface area (Å²) in [4.78, 5) is 0. The van der Waals surface area contributed by atoms with Crippen molar-refractivity contribution in [3.63, 3.8) is 0 Å². The van der Waals surface area contributed by atoms with Gasteiger partial charge in [0.1, 0.15) is 5.82 Å². The van der Waals surface area contributed by atoms with Gasteiger partial charge >= 0.3 is 0 Å². The van der Waals surface area contributed by atoms with Crippen molar-refractivity contribution in [2.24, 2.45) is 5.92 Å². The van der Waals surface area contributed by atoms with E-state index in [4.69, 9.17) is 27.9 Å². The molecule has 1 fully saturated rings. The molecular weight excluding hydrogens is 250 g/mol. The maximum Gasteiger partial charge on any atom is 0.147 e. The Labute approximate surface area is 105 Å². The van der Waals surface area contributed by atoms with Gasteiger partial charge in [-0.05, 0) is 18.9 Å². The average molecular weight is 263 g/mol. The van der Waals surface area contributed by atoms with Crippen molar-refractivity contribution in [1.29, 1.82) is 0 Å². The molecule has 0 radical (unpaired) electrons. The van der Waals surface area contributed by atoms with Crippen LogP contribution in [0, 0.1) is 11.7 Å². The molecule has 1 heterocycles. The predicted molar refractivity (Wildman–Crippen MR) is 63.5 cm³/mol. The number of halogens is 3. The number of benzene rings is 1. The van der Waals surface area contributed by atoms with Crippen LogP contribution in [0.25, 0.3) is 0 Å². The molecule has 1 aliphatic rings. The minimum absolute atomic E-state index is 0.139. The highest BCUT2D eigenvalue weighted by Crippen LogP contribution is 2.36. The first kappa shape index (κ1) is 12.2. The molecular formula is C12H13Cl2FO. The Morgan fingerprint density at radius 3 is 3.00 bits per heavy atom. The van der Waals surface area contributed by atoms with Gasteiger partial charge in [-0.25, -0.2) is 4.39 Å². The maximum absolute atomic E-state index is 13.8. The Bertz CT molecular complexity index is 370. The van der Waals surface area contributed by atoms with Crippen molar-refractivity contribution in [2.75, 3.05) is 12.5 Å². The molecule has 88 valence electrons. The van der Waals surface area contributed by atoms with E-state index in [0.29, 0.717) is 18.1 Å². The van der Waals surface area contributed by atoms with E-state index in [2.05, 4.69) is 0 Å². The predicted octanol–water partition coefficient (Wildman–Crippen LogP) is 4.19. The van der Waals surface area contributed by atoms with Gasteiger partial charge in [0, 0.05) is 24.0 Å². The quantitative estimate of drug-likeness (QED) is 0.727. The lowest BCUT2D eigenvalue weighted by Gasteiger charge is -2.31. The molecule has 1 aliphatic heterocycles. The second kappa shape index (κ2) is 5.35. The van der Waals surface area contributed by atoms with Gasteiger partial charge in [-0.2, -0.15) is 0 Å². The molecule has 1 aromatic carbocycles.